The summed E-state index contributed by atoms with van der Waals surface area (Å²) in [6, 6.07) is 4.41. The molecule has 0 radical (unpaired) electrons. The van der Waals surface area contributed by atoms with E-state index >= 15 is 0 Å². The van der Waals surface area contributed by atoms with Gasteiger partial charge in [-0.05, 0) is 44.4 Å². The Bertz CT molecular complexity index is 504. The molecular weight excluding hydrogens is 318 g/mol. The molecule has 1 aliphatic heterocycles. The number of nitrogens with zero attached hydrogens (tertiary/aromatic N) is 3. The van der Waals surface area contributed by atoms with Gasteiger partial charge in [0.2, 0.25) is 0 Å². The van der Waals surface area contributed by atoms with Gasteiger partial charge in [0.05, 0.1) is 13.2 Å². The van der Waals surface area contributed by atoms with Crippen LogP contribution in [0, 0.1) is 0 Å². The number of hydrogen-bond donors (Lipinski definition) is 0. The first-order valence-corrected chi connectivity index (χ1v) is 9.19. The molecule has 0 aromatic carbocycles. The summed E-state index contributed by atoms with van der Waals surface area (Å²) in [6.07, 6.45) is 5.25. The van der Waals surface area contributed by atoms with Crippen LogP contribution in [0.3, 0.4) is 0 Å². The molecule has 0 bridgehead atoms. The van der Waals surface area contributed by atoms with Gasteiger partial charge in [-0.2, -0.15) is 0 Å². The van der Waals surface area contributed by atoms with Crippen LogP contribution in [-0.2, 0) is 20.8 Å². The summed E-state index contributed by atoms with van der Waals surface area (Å²) >= 11 is 0. The first-order valence-electron chi connectivity index (χ1n) is 9.19. The van der Waals surface area contributed by atoms with Crippen molar-refractivity contribution in [2.24, 2.45) is 0 Å². The fourth-order valence-corrected chi connectivity index (χ4v) is 3.18. The summed E-state index contributed by atoms with van der Waals surface area (Å²) in [7, 11) is 1.90. The van der Waals surface area contributed by atoms with Crippen molar-refractivity contribution in [3.8, 4) is 0 Å². The van der Waals surface area contributed by atoms with Gasteiger partial charge in [0.25, 0.3) is 5.91 Å². The second-order valence-electron chi connectivity index (χ2n) is 6.52. The van der Waals surface area contributed by atoms with Crippen molar-refractivity contribution in [3.63, 3.8) is 0 Å². The molecule has 0 aliphatic carbocycles. The topological polar surface area (TPSA) is 54.9 Å². The van der Waals surface area contributed by atoms with Crippen molar-refractivity contribution in [3.05, 3.63) is 30.1 Å². The van der Waals surface area contributed by atoms with Crippen LogP contribution in [0.5, 0.6) is 0 Å². The van der Waals surface area contributed by atoms with Gasteiger partial charge < -0.3 is 14.4 Å². The smallest absolute Gasteiger partial charge is 0.251 e. The fraction of sp³-hybridized carbons (Fsp3) is 0.684. The number of likely N-dealkylation sites (N-methyl/N-ethyl adjacent to an activating group) is 1. The van der Waals surface area contributed by atoms with Crippen LogP contribution in [0.2, 0.25) is 0 Å². The third-order valence-electron chi connectivity index (χ3n) is 4.76. The van der Waals surface area contributed by atoms with Crippen LogP contribution in [0.4, 0.5) is 0 Å². The molecule has 0 spiro atoms. The van der Waals surface area contributed by atoms with Gasteiger partial charge in [0, 0.05) is 51.7 Å². The highest BCUT2D eigenvalue weighted by molar-refractivity contribution is 5.80. The first-order chi connectivity index (χ1) is 12.1. The predicted molar refractivity (Wildman–Crippen MR) is 97.2 cm³/mol. The minimum Gasteiger partial charge on any atom is -0.379 e. The van der Waals surface area contributed by atoms with E-state index in [4.69, 9.17) is 9.47 Å². The van der Waals surface area contributed by atoms with Crippen LogP contribution in [-0.4, -0.2) is 72.8 Å². The SMILES string of the molecule is CCOCCO[C@H](C)C(=O)N(C)C1CCN(Cc2ccncc2)CC1. The van der Waals surface area contributed by atoms with Crippen LogP contribution in [0.1, 0.15) is 32.3 Å². The molecule has 6 nitrogen and oxygen atoms in total. The monoisotopic (exact) mass is 349 g/mol. The van der Waals surface area contributed by atoms with E-state index in [9.17, 15) is 4.79 Å². The molecule has 0 saturated carbocycles. The highest BCUT2D eigenvalue weighted by Gasteiger charge is 2.28. The van der Waals surface area contributed by atoms with Crippen molar-refractivity contribution >= 4 is 5.91 Å². The van der Waals surface area contributed by atoms with E-state index < -0.39 is 6.10 Å². The molecule has 2 rings (SSSR count). The highest BCUT2D eigenvalue weighted by Crippen LogP contribution is 2.18. The van der Waals surface area contributed by atoms with Gasteiger partial charge in [-0.3, -0.25) is 14.7 Å². The zero-order valence-electron chi connectivity index (χ0n) is 15.7. The summed E-state index contributed by atoms with van der Waals surface area (Å²) in [5, 5.41) is 0. The molecule has 1 aromatic rings. The van der Waals surface area contributed by atoms with Crippen LogP contribution in [0.25, 0.3) is 0 Å². The van der Waals surface area contributed by atoms with Gasteiger partial charge in [-0.1, -0.05) is 0 Å². The zero-order valence-corrected chi connectivity index (χ0v) is 15.7. The molecule has 6 heteroatoms. The van der Waals surface area contributed by atoms with Gasteiger partial charge in [-0.15, -0.1) is 0 Å². The molecule has 1 saturated heterocycles. The Hall–Kier alpha value is -1.50. The molecule has 0 unspecified atom stereocenters. The Morgan fingerprint density at radius 2 is 2.00 bits per heavy atom. The Labute approximate surface area is 151 Å². The number of aromatic nitrogens is 1. The summed E-state index contributed by atoms with van der Waals surface area (Å²) < 4.78 is 10.8. The summed E-state index contributed by atoms with van der Waals surface area (Å²) in [5.41, 5.74) is 1.29. The van der Waals surface area contributed by atoms with Crippen molar-refractivity contribution in [2.75, 3.05) is 40.0 Å². The van der Waals surface area contributed by atoms with E-state index in [1.807, 2.05) is 38.2 Å². The van der Waals surface area contributed by atoms with Crippen molar-refractivity contribution in [1.29, 1.82) is 0 Å². The molecule has 140 valence electrons. The molecule has 1 amide bonds. The zero-order chi connectivity index (χ0) is 18.1. The van der Waals surface area contributed by atoms with E-state index in [2.05, 4.69) is 22.0 Å². The molecule has 25 heavy (non-hydrogen) atoms. The molecule has 1 aromatic heterocycles. The number of carbonyl (C=O) groups is 1. The number of amides is 1. The van der Waals surface area contributed by atoms with Crippen LogP contribution < -0.4 is 0 Å². The minimum absolute atomic E-state index is 0.0593. The van der Waals surface area contributed by atoms with E-state index in [1.165, 1.54) is 5.56 Å². The molecule has 0 N–H and O–H groups in total. The van der Waals surface area contributed by atoms with Gasteiger partial charge in [0.1, 0.15) is 6.10 Å². The lowest BCUT2D eigenvalue weighted by molar-refractivity contribution is -0.145. The maximum absolute atomic E-state index is 12.5. The number of carbonyl (C=O) groups excluding carboxylic acids is 1. The lowest BCUT2D eigenvalue weighted by atomic mass is 10.0. The van der Waals surface area contributed by atoms with E-state index in [0.29, 0.717) is 25.9 Å². The van der Waals surface area contributed by atoms with E-state index in [-0.39, 0.29) is 5.91 Å². The van der Waals surface area contributed by atoms with Crippen LogP contribution in [0.15, 0.2) is 24.5 Å². The Morgan fingerprint density at radius 1 is 1.32 bits per heavy atom. The molecular formula is C19H31N3O3. The standard InChI is InChI=1S/C19H31N3O3/c1-4-24-13-14-25-16(2)19(23)21(3)18-7-11-22(12-8-18)15-17-5-9-20-10-6-17/h5-6,9-10,16,18H,4,7-8,11-15H2,1-3H3/t16-/m1/s1. The number of likely N-dealkylation sites (tertiary alicyclic amines) is 1. The average Bonchev–Trinajstić information content (AvgIpc) is 2.65. The second kappa shape index (κ2) is 10.5. The first kappa shape index (κ1) is 19.8. The Morgan fingerprint density at radius 3 is 2.64 bits per heavy atom. The number of rotatable bonds is 9. The maximum atomic E-state index is 12.5. The largest absolute Gasteiger partial charge is 0.379 e. The summed E-state index contributed by atoms with van der Waals surface area (Å²) in [5.74, 6) is 0.0593. The number of ether oxygens (including phenoxy) is 2. The summed E-state index contributed by atoms with van der Waals surface area (Å²) in [6.45, 7) is 8.39. The third kappa shape index (κ3) is 6.38. The molecule has 2 heterocycles. The molecule has 1 atom stereocenters. The van der Waals surface area contributed by atoms with Gasteiger partial charge in [-0.25, -0.2) is 0 Å². The molecule has 1 aliphatic rings. The Balaban J connectivity index is 1.72. The van der Waals surface area contributed by atoms with Crippen molar-refractivity contribution in [1.82, 2.24) is 14.8 Å². The predicted octanol–water partition coefficient (Wildman–Crippen LogP) is 1.95. The number of pyridine rings is 1. The number of hydrogen-bond acceptors (Lipinski definition) is 5. The van der Waals surface area contributed by atoms with Crippen molar-refractivity contribution in [2.45, 2.75) is 45.4 Å². The number of piperidine rings is 1. The minimum atomic E-state index is -0.416. The molecule has 1 fully saturated rings. The fourth-order valence-electron chi connectivity index (χ4n) is 3.18. The van der Waals surface area contributed by atoms with Crippen molar-refractivity contribution < 1.29 is 14.3 Å². The lowest BCUT2D eigenvalue weighted by Gasteiger charge is -2.37. The van der Waals surface area contributed by atoms with E-state index in [0.717, 1.165) is 32.5 Å². The quantitative estimate of drug-likeness (QED) is 0.638. The summed E-state index contributed by atoms with van der Waals surface area (Å²) in [4.78, 5) is 20.9. The lowest BCUT2D eigenvalue weighted by Crippen LogP contribution is -2.48. The maximum Gasteiger partial charge on any atom is 0.251 e. The Kier molecular flexibility index (Phi) is 8.31. The van der Waals surface area contributed by atoms with Gasteiger partial charge >= 0.3 is 0 Å². The highest BCUT2D eigenvalue weighted by atomic mass is 16.5. The van der Waals surface area contributed by atoms with E-state index in [1.54, 1.807) is 0 Å². The van der Waals surface area contributed by atoms with Gasteiger partial charge in [0.15, 0.2) is 0 Å². The normalized spacial score (nSPS) is 17.4. The van der Waals surface area contributed by atoms with Crippen LogP contribution >= 0.6 is 0 Å². The third-order valence-corrected chi connectivity index (χ3v) is 4.76. The average molecular weight is 349 g/mol. The second-order valence-corrected chi connectivity index (χ2v) is 6.52.